The Hall–Kier alpha value is -5.22. The van der Waals surface area contributed by atoms with Crippen molar-refractivity contribution < 1.29 is 19.8 Å². The maximum Gasteiger partial charge on any atom is 0.336 e. The number of hydrogen-bond donors (Lipinski definition) is 2. The zero-order valence-corrected chi connectivity index (χ0v) is 20.8. The van der Waals surface area contributed by atoms with E-state index in [0.29, 0.717) is 11.1 Å². The fourth-order valence-electron chi connectivity index (χ4n) is 6.61. The topological polar surface area (TPSA) is 74.6 Å². The van der Waals surface area contributed by atoms with E-state index in [1.165, 1.54) is 0 Å². The van der Waals surface area contributed by atoms with Crippen LogP contribution in [0.2, 0.25) is 0 Å². The molecule has 4 nitrogen and oxygen atoms in total. The van der Waals surface area contributed by atoms with Crippen molar-refractivity contribution in [2.24, 2.45) is 0 Å². The Morgan fingerprint density at radius 2 is 0.846 bits per heavy atom. The number of rotatable bonds is 4. The zero-order valence-electron chi connectivity index (χ0n) is 20.8. The molecule has 0 atom stereocenters. The number of carboxylic acid groups (broad SMARTS) is 2. The van der Waals surface area contributed by atoms with E-state index >= 15 is 0 Å². The van der Waals surface area contributed by atoms with E-state index in [1.54, 1.807) is 12.1 Å². The van der Waals surface area contributed by atoms with Gasteiger partial charge < -0.3 is 10.2 Å². The van der Waals surface area contributed by atoms with E-state index in [0.717, 1.165) is 43.8 Å². The Kier molecular flexibility index (Phi) is 4.94. The van der Waals surface area contributed by atoms with Crippen LogP contribution in [0.15, 0.2) is 121 Å². The fraction of sp³-hybridized carbons (Fsp3) is 0.0286. The Morgan fingerprint density at radius 3 is 1.28 bits per heavy atom. The maximum absolute atomic E-state index is 13.0. The first-order chi connectivity index (χ1) is 19.0. The summed E-state index contributed by atoms with van der Waals surface area (Å²) in [5, 5.41) is 24.5. The summed E-state index contributed by atoms with van der Waals surface area (Å²) >= 11 is 0. The molecule has 0 unspecified atom stereocenters. The lowest BCUT2D eigenvalue weighted by Gasteiger charge is -2.37. The molecule has 1 aliphatic carbocycles. The van der Waals surface area contributed by atoms with E-state index in [4.69, 9.17) is 0 Å². The molecule has 0 heterocycles. The molecule has 0 radical (unpaired) electrons. The van der Waals surface area contributed by atoms with Crippen molar-refractivity contribution in [1.29, 1.82) is 0 Å². The lowest BCUT2D eigenvalue weighted by atomic mass is 9.63. The number of aromatic carboxylic acids is 2. The summed E-state index contributed by atoms with van der Waals surface area (Å²) in [6.07, 6.45) is 0. The van der Waals surface area contributed by atoms with Crippen LogP contribution in [-0.2, 0) is 5.41 Å². The number of benzene rings is 6. The van der Waals surface area contributed by atoms with Gasteiger partial charge in [-0.05, 0) is 67.1 Å². The molecule has 1 aliphatic rings. The molecule has 0 aliphatic heterocycles. The van der Waals surface area contributed by atoms with E-state index in [-0.39, 0.29) is 11.1 Å². The van der Waals surface area contributed by atoms with Crippen LogP contribution in [0.4, 0.5) is 0 Å². The summed E-state index contributed by atoms with van der Waals surface area (Å²) in [6, 6.07) is 38.3. The minimum absolute atomic E-state index is 0.143. The maximum atomic E-state index is 13.0. The second-order valence-corrected chi connectivity index (χ2v) is 9.87. The Morgan fingerprint density at radius 1 is 0.462 bits per heavy atom. The zero-order chi connectivity index (χ0) is 26.7. The lowest BCUT2D eigenvalue weighted by molar-refractivity contribution is 0.0686. The molecule has 186 valence electrons. The van der Waals surface area contributed by atoms with Gasteiger partial charge in [0.25, 0.3) is 0 Å². The van der Waals surface area contributed by atoms with Crippen LogP contribution >= 0.6 is 0 Å². The first-order valence-electron chi connectivity index (χ1n) is 12.7. The SMILES string of the molecule is O=C(O)c1ccc2ccccc2c1C1(c2c(C(=O)O)ccc3ccccc23)c2ccccc2-c2ccccc21. The number of hydrogen-bond acceptors (Lipinski definition) is 2. The van der Waals surface area contributed by atoms with Gasteiger partial charge in [-0.15, -0.1) is 0 Å². The highest BCUT2D eigenvalue weighted by Crippen LogP contribution is 2.59. The van der Waals surface area contributed by atoms with Crippen molar-refractivity contribution in [3.63, 3.8) is 0 Å². The minimum atomic E-state index is -1.21. The molecule has 4 heteroatoms. The predicted octanol–water partition coefficient (Wildman–Crippen LogP) is 7.75. The van der Waals surface area contributed by atoms with E-state index in [2.05, 4.69) is 0 Å². The van der Waals surface area contributed by atoms with Gasteiger partial charge in [-0.25, -0.2) is 9.59 Å². The summed E-state index contributed by atoms with van der Waals surface area (Å²) in [6.45, 7) is 0. The summed E-state index contributed by atoms with van der Waals surface area (Å²) in [5.74, 6) is -2.12. The van der Waals surface area contributed by atoms with Crippen molar-refractivity contribution in [2.75, 3.05) is 0 Å². The van der Waals surface area contributed by atoms with Crippen LogP contribution in [0.3, 0.4) is 0 Å². The van der Waals surface area contributed by atoms with Crippen LogP contribution in [0, 0.1) is 0 Å². The summed E-state index contributed by atoms with van der Waals surface area (Å²) in [7, 11) is 0. The second kappa shape index (κ2) is 8.40. The molecule has 6 aromatic rings. The van der Waals surface area contributed by atoms with Crippen LogP contribution in [0.25, 0.3) is 32.7 Å². The summed E-state index contributed by atoms with van der Waals surface area (Å²) in [5.41, 5.74) is 3.87. The molecular formula is C35H22O4. The molecule has 0 bridgehead atoms. The monoisotopic (exact) mass is 506 g/mol. The summed E-state index contributed by atoms with van der Waals surface area (Å²) < 4.78 is 0. The second-order valence-electron chi connectivity index (χ2n) is 9.87. The minimum Gasteiger partial charge on any atom is -0.478 e. The largest absolute Gasteiger partial charge is 0.478 e. The molecule has 0 fully saturated rings. The molecule has 0 spiro atoms. The Balaban J connectivity index is 1.85. The molecule has 0 saturated heterocycles. The van der Waals surface area contributed by atoms with Gasteiger partial charge in [0, 0.05) is 0 Å². The van der Waals surface area contributed by atoms with Crippen molar-refractivity contribution >= 4 is 33.5 Å². The van der Waals surface area contributed by atoms with Gasteiger partial charge in [-0.3, -0.25) is 0 Å². The highest BCUT2D eigenvalue weighted by molar-refractivity contribution is 6.07. The van der Waals surface area contributed by atoms with Gasteiger partial charge in [-0.2, -0.15) is 0 Å². The normalized spacial score (nSPS) is 13.2. The highest BCUT2D eigenvalue weighted by Gasteiger charge is 2.50. The van der Waals surface area contributed by atoms with Crippen molar-refractivity contribution in [1.82, 2.24) is 0 Å². The highest BCUT2D eigenvalue weighted by atomic mass is 16.4. The van der Waals surface area contributed by atoms with Crippen molar-refractivity contribution in [2.45, 2.75) is 5.41 Å². The third-order valence-corrected chi connectivity index (χ3v) is 8.02. The average Bonchev–Trinajstić information content (AvgIpc) is 3.26. The third-order valence-electron chi connectivity index (χ3n) is 8.02. The molecular weight excluding hydrogens is 484 g/mol. The Labute approximate surface area is 224 Å². The van der Waals surface area contributed by atoms with E-state index < -0.39 is 17.4 Å². The van der Waals surface area contributed by atoms with Gasteiger partial charge in [-0.1, -0.05) is 109 Å². The molecule has 2 N–H and O–H groups in total. The molecule has 7 rings (SSSR count). The molecule has 6 aromatic carbocycles. The molecule has 0 amide bonds. The van der Waals surface area contributed by atoms with Crippen LogP contribution in [0.1, 0.15) is 43.0 Å². The van der Waals surface area contributed by atoms with Gasteiger partial charge in [0.1, 0.15) is 0 Å². The van der Waals surface area contributed by atoms with Gasteiger partial charge >= 0.3 is 11.9 Å². The third kappa shape index (κ3) is 3.06. The van der Waals surface area contributed by atoms with E-state index in [9.17, 15) is 19.8 Å². The number of fused-ring (bicyclic) bond motifs is 5. The first-order valence-corrected chi connectivity index (χ1v) is 12.7. The first kappa shape index (κ1) is 22.9. The number of carbonyl (C=O) groups is 2. The average molecular weight is 507 g/mol. The van der Waals surface area contributed by atoms with E-state index in [1.807, 2.05) is 109 Å². The molecule has 0 saturated carbocycles. The Bertz CT molecular complexity index is 1840. The van der Waals surface area contributed by atoms with Gasteiger partial charge in [0.05, 0.1) is 16.5 Å². The fourth-order valence-corrected chi connectivity index (χ4v) is 6.61. The van der Waals surface area contributed by atoms with Crippen LogP contribution in [0.5, 0.6) is 0 Å². The van der Waals surface area contributed by atoms with Crippen LogP contribution in [-0.4, -0.2) is 22.2 Å². The standard InChI is InChI=1S/C35H22O4/c36-33(37)27-19-17-21-9-1-3-11-23(21)31(27)35(29-15-7-5-13-25(29)26-14-6-8-16-30(26)35)32-24-12-4-2-10-22(24)18-20-28(32)34(38)39/h1-20H,(H,36,37)(H,38,39). The lowest BCUT2D eigenvalue weighted by Crippen LogP contribution is -2.33. The van der Waals surface area contributed by atoms with Gasteiger partial charge in [0.2, 0.25) is 0 Å². The van der Waals surface area contributed by atoms with Gasteiger partial charge in [0.15, 0.2) is 0 Å². The number of carboxylic acids is 2. The quantitative estimate of drug-likeness (QED) is 0.256. The van der Waals surface area contributed by atoms with Crippen molar-refractivity contribution in [3.05, 3.63) is 155 Å². The predicted molar refractivity (Wildman–Crippen MR) is 153 cm³/mol. The summed E-state index contributed by atoms with van der Waals surface area (Å²) in [4.78, 5) is 26.0. The molecule has 0 aromatic heterocycles. The van der Waals surface area contributed by atoms with Crippen molar-refractivity contribution in [3.8, 4) is 11.1 Å². The van der Waals surface area contributed by atoms with Crippen LogP contribution < -0.4 is 0 Å². The molecule has 39 heavy (non-hydrogen) atoms. The smallest absolute Gasteiger partial charge is 0.336 e.